The first-order chi connectivity index (χ1) is 9.13. The summed E-state index contributed by atoms with van der Waals surface area (Å²) in [6.07, 6.45) is 5.89. The molecule has 0 nitrogen and oxygen atoms in total. The molecule has 1 fully saturated rings. The van der Waals surface area contributed by atoms with E-state index in [1.165, 1.54) is 0 Å². The van der Waals surface area contributed by atoms with Crippen molar-refractivity contribution in [3.8, 4) is 0 Å². The predicted octanol–water partition coefficient (Wildman–Crippen LogP) is 5.57. The summed E-state index contributed by atoms with van der Waals surface area (Å²) in [6.45, 7) is 10.4. The average Bonchev–Trinajstić information content (AvgIpc) is 2.47. The van der Waals surface area contributed by atoms with Gasteiger partial charge in [0.1, 0.15) is 0 Å². The van der Waals surface area contributed by atoms with Gasteiger partial charge in [-0.25, -0.2) is 8.78 Å². The monoisotopic (exact) mass is 354 g/mol. The van der Waals surface area contributed by atoms with Crippen LogP contribution in [-0.4, -0.2) is 0 Å². The van der Waals surface area contributed by atoms with Gasteiger partial charge in [0.05, 0.1) is 0 Å². The summed E-state index contributed by atoms with van der Waals surface area (Å²) in [6, 6.07) is 3.42. The number of hydrogen-bond acceptors (Lipinski definition) is 0. The minimum absolute atomic E-state index is 0. The summed E-state index contributed by atoms with van der Waals surface area (Å²) < 4.78 is 27.3. The first-order valence-corrected chi connectivity index (χ1v) is 6.91. The topological polar surface area (TPSA) is 0 Å². The van der Waals surface area contributed by atoms with Crippen LogP contribution >= 0.6 is 0 Å². The van der Waals surface area contributed by atoms with Gasteiger partial charge in [0.15, 0.2) is 11.6 Å². The number of allylic oxidation sites excluding steroid dienone is 1. The Kier molecular flexibility index (Phi) is 9.75. The second kappa shape index (κ2) is 9.79. The molecule has 0 atom stereocenters. The summed E-state index contributed by atoms with van der Waals surface area (Å²) in [5, 5.41) is 0. The number of rotatable bonds is 2. The van der Waals surface area contributed by atoms with E-state index >= 15 is 0 Å². The van der Waals surface area contributed by atoms with Gasteiger partial charge in [0.25, 0.3) is 0 Å². The third-order valence-electron chi connectivity index (χ3n) is 3.85. The van der Waals surface area contributed by atoms with Crippen molar-refractivity contribution in [3.05, 3.63) is 54.5 Å². The van der Waals surface area contributed by atoms with Crippen molar-refractivity contribution in [2.45, 2.75) is 45.4 Å². The maximum atomic E-state index is 13.8. The van der Waals surface area contributed by atoms with Crippen LogP contribution in [0.4, 0.5) is 8.78 Å². The van der Waals surface area contributed by atoms with Crippen LogP contribution in [0.3, 0.4) is 0 Å². The Labute approximate surface area is 146 Å². The molecule has 1 saturated carbocycles. The molecule has 1 radical (unpaired) electrons. The SMILES string of the molecule is C=CC1CCC(c2ccc(C)c(F)c2F)CC1.[CH2-]C.[Y]. The van der Waals surface area contributed by atoms with E-state index in [0.717, 1.165) is 25.7 Å². The summed E-state index contributed by atoms with van der Waals surface area (Å²) in [5.74, 6) is -0.619. The third kappa shape index (κ3) is 4.74. The molecule has 2 rings (SSSR count). The van der Waals surface area contributed by atoms with Gasteiger partial charge in [-0.2, -0.15) is 6.92 Å². The van der Waals surface area contributed by atoms with Gasteiger partial charge in [0, 0.05) is 32.7 Å². The largest absolute Gasteiger partial charge is 0.346 e. The van der Waals surface area contributed by atoms with Crippen LogP contribution in [0, 0.1) is 31.4 Å². The van der Waals surface area contributed by atoms with Crippen molar-refractivity contribution in [2.24, 2.45) is 5.92 Å². The van der Waals surface area contributed by atoms with Crippen molar-refractivity contribution < 1.29 is 41.5 Å². The van der Waals surface area contributed by atoms with E-state index in [9.17, 15) is 8.78 Å². The Morgan fingerprint density at radius 2 is 1.65 bits per heavy atom. The Morgan fingerprint density at radius 3 is 2.15 bits per heavy atom. The Balaban J connectivity index is 0.00000115. The molecule has 20 heavy (non-hydrogen) atoms. The zero-order valence-electron chi connectivity index (χ0n) is 12.5. The first kappa shape index (κ1) is 19.9. The molecule has 3 heteroatoms. The number of hydrogen-bond donors (Lipinski definition) is 0. The summed E-state index contributed by atoms with van der Waals surface area (Å²) in [5.41, 5.74) is 0.932. The fourth-order valence-corrected chi connectivity index (χ4v) is 2.64. The number of aryl methyl sites for hydroxylation is 1. The van der Waals surface area contributed by atoms with E-state index < -0.39 is 11.6 Å². The van der Waals surface area contributed by atoms with Gasteiger partial charge in [-0.1, -0.05) is 18.2 Å². The molecule has 1 aliphatic carbocycles. The smallest absolute Gasteiger partial charge is 0.162 e. The van der Waals surface area contributed by atoms with Gasteiger partial charge in [-0.05, 0) is 55.6 Å². The van der Waals surface area contributed by atoms with Crippen LogP contribution in [0.2, 0.25) is 0 Å². The molecule has 1 aliphatic rings. The van der Waals surface area contributed by atoms with E-state index in [2.05, 4.69) is 13.5 Å². The average molecular weight is 354 g/mol. The van der Waals surface area contributed by atoms with Crippen molar-refractivity contribution >= 4 is 0 Å². The van der Waals surface area contributed by atoms with Gasteiger partial charge in [-0.3, -0.25) is 0 Å². The van der Waals surface area contributed by atoms with Crippen LogP contribution in [0.5, 0.6) is 0 Å². The summed E-state index contributed by atoms with van der Waals surface area (Å²) in [7, 11) is 0. The summed E-state index contributed by atoms with van der Waals surface area (Å²) >= 11 is 0. The predicted molar refractivity (Wildman–Crippen MR) is 77.0 cm³/mol. The zero-order valence-corrected chi connectivity index (χ0v) is 15.3. The molecule has 0 amide bonds. The maximum Gasteiger partial charge on any atom is 0.162 e. The van der Waals surface area contributed by atoms with Crippen LogP contribution in [0.25, 0.3) is 0 Å². The standard InChI is InChI=1S/C15H18F2.C2H5.Y/c1-3-11-5-7-12(8-6-11)13-9-4-10(2)14(16)15(13)17;1-2;/h3-4,9,11-12H,1,5-8H2,2H3;1H2,2H3;/q;-1;. The van der Waals surface area contributed by atoms with Crippen molar-refractivity contribution in [2.75, 3.05) is 0 Å². The number of halogens is 2. The fraction of sp³-hybridized carbons (Fsp3) is 0.471. The van der Waals surface area contributed by atoms with Crippen molar-refractivity contribution in [3.63, 3.8) is 0 Å². The van der Waals surface area contributed by atoms with E-state index in [-0.39, 0.29) is 38.6 Å². The van der Waals surface area contributed by atoms with Gasteiger partial charge >= 0.3 is 0 Å². The molecule has 0 spiro atoms. The molecule has 0 saturated heterocycles. The van der Waals surface area contributed by atoms with Crippen molar-refractivity contribution in [1.82, 2.24) is 0 Å². The molecule has 0 aliphatic heterocycles. The van der Waals surface area contributed by atoms with Crippen LogP contribution in [-0.2, 0) is 32.7 Å². The second-order valence-corrected chi connectivity index (χ2v) is 4.95. The van der Waals surface area contributed by atoms with Gasteiger partial charge in [-0.15, -0.1) is 6.58 Å². The van der Waals surface area contributed by atoms with E-state index in [1.54, 1.807) is 26.0 Å². The van der Waals surface area contributed by atoms with Gasteiger partial charge in [0.2, 0.25) is 0 Å². The third-order valence-corrected chi connectivity index (χ3v) is 3.85. The second-order valence-electron chi connectivity index (χ2n) is 4.95. The van der Waals surface area contributed by atoms with Crippen molar-refractivity contribution in [1.29, 1.82) is 0 Å². The number of benzene rings is 1. The maximum absolute atomic E-state index is 13.8. The minimum Gasteiger partial charge on any atom is -0.346 e. The molecule has 109 valence electrons. The molecule has 0 N–H and O–H groups in total. The van der Waals surface area contributed by atoms with E-state index in [4.69, 9.17) is 0 Å². The molecule has 1 aromatic rings. The molecule has 1 aromatic carbocycles. The quantitative estimate of drug-likeness (QED) is 0.481. The first-order valence-electron chi connectivity index (χ1n) is 6.91. The van der Waals surface area contributed by atoms with E-state index in [1.807, 2.05) is 6.08 Å². The fourth-order valence-electron chi connectivity index (χ4n) is 2.64. The minimum atomic E-state index is -0.687. The van der Waals surface area contributed by atoms with Crippen LogP contribution < -0.4 is 0 Å². The molecule has 0 heterocycles. The summed E-state index contributed by atoms with van der Waals surface area (Å²) in [4.78, 5) is 0. The van der Waals surface area contributed by atoms with Crippen LogP contribution in [0.1, 0.15) is 49.7 Å². The zero-order chi connectivity index (χ0) is 14.4. The molecule has 0 aromatic heterocycles. The molecular formula is C17H23F2Y-. The normalized spacial score (nSPS) is 21.2. The molecular weight excluding hydrogens is 331 g/mol. The molecule has 0 unspecified atom stereocenters. The van der Waals surface area contributed by atoms with E-state index in [0.29, 0.717) is 17.0 Å². The molecule has 0 bridgehead atoms. The van der Waals surface area contributed by atoms with Crippen LogP contribution in [0.15, 0.2) is 24.8 Å². The Morgan fingerprint density at radius 1 is 1.10 bits per heavy atom. The van der Waals surface area contributed by atoms with Gasteiger partial charge < -0.3 is 6.92 Å². The Hall–Kier alpha value is -0.0761. The Bertz CT molecular complexity index is 421.